The highest BCUT2D eigenvalue weighted by Gasteiger charge is 2.09. The summed E-state index contributed by atoms with van der Waals surface area (Å²) in [6.45, 7) is 0.935. The molecule has 2 N–H and O–H groups in total. The molecule has 1 unspecified atom stereocenters. The van der Waals surface area contributed by atoms with Crippen molar-refractivity contribution in [2.75, 3.05) is 33.9 Å². The summed E-state index contributed by atoms with van der Waals surface area (Å²) in [6, 6.07) is 4.53. The van der Waals surface area contributed by atoms with Crippen LogP contribution in [0.5, 0.6) is 0 Å². The molecule has 5 heteroatoms. The van der Waals surface area contributed by atoms with Crippen LogP contribution in [0.3, 0.4) is 0 Å². The number of halogens is 1. The number of benzene rings is 1. The molecule has 1 aromatic rings. The highest BCUT2D eigenvalue weighted by Crippen LogP contribution is 2.11. The predicted molar refractivity (Wildman–Crippen MR) is 74.6 cm³/mol. The smallest absolute Gasteiger partial charge is 0.124 e. The van der Waals surface area contributed by atoms with Gasteiger partial charge in [0, 0.05) is 25.8 Å². The van der Waals surface area contributed by atoms with Gasteiger partial charge in [0.25, 0.3) is 0 Å². The summed E-state index contributed by atoms with van der Waals surface area (Å²) >= 11 is 0. The predicted octanol–water partition coefficient (Wildman–Crippen LogP) is 0.609. The fourth-order valence-corrected chi connectivity index (χ4v) is 1.94. The summed E-state index contributed by atoms with van der Waals surface area (Å²) in [4.78, 5) is 1.88. The quantitative estimate of drug-likeness (QED) is 0.750. The van der Waals surface area contributed by atoms with Crippen molar-refractivity contribution < 1.29 is 19.3 Å². The highest BCUT2D eigenvalue weighted by atomic mass is 19.1. The summed E-state index contributed by atoms with van der Waals surface area (Å²) in [5, 5.41) is 18.3. The van der Waals surface area contributed by atoms with Gasteiger partial charge in [-0.05, 0) is 30.8 Å². The lowest BCUT2D eigenvalue weighted by molar-refractivity contribution is 0.0419. The van der Waals surface area contributed by atoms with Crippen molar-refractivity contribution >= 4 is 0 Å². The summed E-state index contributed by atoms with van der Waals surface area (Å²) in [7, 11) is 3.37. The van der Waals surface area contributed by atoms with Gasteiger partial charge in [-0.1, -0.05) is 11.8 Å². The molecule has 0 spiro atoms. The molecule has 0 saturated heterocycles. The number of aliphatic hydroxyl groups excluding tert-OH is 2. The average molecular weight is 281 g/mol. The molecule has 0 aliphatic carbocycles. The van der Waals surface area contributed by atoms with E-state index in [1.165, 1.54) is 19.2 Å². The first-order chi connectivity index (χ1) is 9.55. The lowest BCUT2D eigenvalue weighted by Crippen LogP contribution is -2.31. The van der Waals surface area contributed by atoms with Crippen molar-refractivity contribution in [3.8, 4) is 11.8 Å². The Morgan fingerprint density at radius 2 is 2.15 bits per heavy atom. The lowest BCUT2D eigenvalue weighted by atomic mass is 10.1. The summed E-state index contributed by atoms with van der Waals surface area (Å²) in [6.07, 6.45) is -0.577. The van der Waals surface area contributed by atoms with Crippen LogP contribution in [0.1, 0.15) is 11.1 Å². The normalized spacial score (nSPS) is 12.1. The van der Waals surface area contributed by atoms with E-state index in [2.05, 4.69) is 11.8 Å². The minimum absolute atomic E-state index is 0.255. The SMILES string of the molecule is COCC(O)CN(C)Cc1cc(F)cc(C#CCO)c1. The molecule has 4 nitrogen and oxygen atoms in total. The van der Waals surface area contributed by atoms with Crippen LogP contribution in [-0.2, 0) is 11.3 Å². The molecule has 20 heavy (non-hydrogen) atoms. The van der Waals surface area contributed by atoms with Crippen molar-refractivity contribution in [3.05, 3.63) is 35.1 Å². The second kappa shape index (κ2) is 8.67. The van der Waals surface area contributed by atoms with E-state index in [0.29, 0.717) is 18.7 Å². The Labute approximate surface area is 118 Å². The van der Waals surface area contributed by atoms with Crippen LogP contribution in [0.4, 0.5) is 4.39 Å². The van der Waals surface area contributed by atoms with Crippen molar-refractivity contribution in [1.29, 1.82) is 0 Å². The zero-order valence-electron chi connectivity index (χ0n) is 11.8. The van der Waals surface area contributed by atoms with E-state index in [9.17, 15) is 9.50 Å². The van der Waals surface area contributed by atoms with E-state index >= 15 is 0 Å². The van der Waals surface area contributed by atoms with Crippen LogP contribution in [0.25, 0.3) is 0 Å². The molecule has 0 aromatic heterocycles. The number of hydrogen-bond acceptors (Lipinski definition) is 4. The van der Waals surface area contributed by atoms with Crippen LogP contribution in [0, 0.1) is 17.7 Å². The van der Waals surface area contributed by atoms with Gasteiger partial charge < -0.3 is 14.9 Å². The first-order valence-electron chi connectivity index (χ1n) is 6.30. The Hall–Kier alpha value is -1.45. The van der Waals surface area contributed by atoms with Gasteiger partial charge in [0.1, 0.15) is 12.4 Å². The largest absolute Gasteiger partial charge is 0.389 e. The maximum Gasteiger partial charge on any atom is 0.124 e. The Balaban J connectivity index is 2.69. The molecule has 0 fully saturated rings. The molecule has 0 heterocycles. The minimum Gasteiger partial charge on any atom is -0.389 e. The van der Waals surface area contributed by atoms with E-state index in [1.807, 2.05) is 11.9 Å². The van der Waals surface area contributed by atoms with Crippen molar-refractivity contribution in [1.82, 2.24) is 4.90 Å². The number of nitrogens with zero attached hydrogens (tertiary/aromatic N) is 1. The van der Waals surface area contributed by atoms with Crippen molar-refractivity contribution in [3.63, 3.8) is 0 Å². The summed E-state index contributed by atoms with van der Waals surface area (Å²) in [5.74, 6) is 4.81. The number of rotatable bonds is 6. The number of hydrogen-bond donors (Lipinski definition) is 2. The van der Waals surface area contributed by atoms with Crippen molar-refractivity contribution in [2.45, 2.75) is 12.6 Å². The van der Waals surface area contributed by atoms with E-state index in [4.69, 9.17) is 9.84 Å². The van der Waals surface area contributed by atoms with E-state index in [0.717, 1.165) is 5.56 Å². The molecule has 0 radical (unpaired) electrons. The lowest BCUT2D eigenvalue weighted by Gasteiger charge is -2.20. The molecular weight excluding hydrogens is 261 g/mol. The van der Waals surface area contributed by atoms with Gasteiger partial charge in [-0.3, -0.25) is 4.90 Å². The number of likely N-dealkylation sites (N-methyl/N-ethyl adjacent to an activating group) is 1. The van der Waals surface area contributed by atoms with E-state index in [-0.39, 0.29) is 19.0 Å². The van der Waals surface area contributed by atoms with Gasteiger partial charge in [0.15, 0.2) is 0 Å². The first kappa shape index (κ1) is 16.6. The van der Waals surface area contributed by atoms with Gasteiger partial charge in [0.05, 0.1) is 12.7 Å². The number of methoxy groups -OCH3 is 1. The first-order valence-corrected chi connectivity index (χ1v) is 6.30. The second-order valence-electron chi connectivity index (χ2n) is 4.61. The van der Waals surface area contributed by atoms with Gasteiger partial charge in [-0.15, -0.1) is 0 Å². The third-order valence-electron chi connectivity index (χ3n) is 2.60. The number of ether oxygens (including phenoxy) is 1. The van der Waals surface area contributed by atoms with Gasteiger partial charge in [-0.25, -0.2) is 4.39 Å². The molecule has 1 rings (SSSR count). The Bertz CT molecular complexity index is 482. The maximum atomic E-state index is 13.5. The van der Waals surface area contributed by atoms with Crippen LogP contribution in [-0.4, -0.2) is 55.1 Å². The minimum atomic E-state index is -0.577. The zero-order chi connectivity index (χ0) is 15.0. The molecule has 0 aliphatic heterocycles. The maximum absolute atomic E-state index is 13.5. The molecule has 1 atom stereocenters. The monoisotopic (exact) mass is 281 g/mol. The third kappa shape index (κ3) is 6.13. The van der Waals surface area contributed by atoms with Crippen molar-refractivity contribution in [2.24, 2.45) is 0 Å². The van der Waals surface area contributed by atoms with Gasteiger partial charge in [-0.2, -0.15) is 0 Å². The van der Waals surface area contributed by atoms with Crippen LogP contribution in [0.2, 0.25) is 0 Å². The Morgan fingerprint density at radius 3 is 2.80 bits per heavy atom. The summed E-state index contributed by atoms with van der Waals surface area (Å²) in [5.41, 5.74) is 1.29. The fourth-order valence-electron chi connectivity index (χ4n) is 1.94. The number of aliphatic hydroxyl groups is 2. The average Bonchev–Trinajstić information content (AvgIpc) is 2.35. The highest BCUT2D eigenvalue weighted by molar-refractivity contribution is 5.37. The molecule has 0 bridgehead atoms. The van der Waals surface area contributed by atoms with Crippen LogP contribution < -0.4 is 0 Å². The topological polar surface area (TPSA) is 52.9 Å². The standard InChI is InChI=1S/C15H20FNO3/c1-17(10-15(19)11-20-2)9-13-6-12(4-3-5-18)7-14(16)8-13/h6-8,15,18-19H,5,9-11H2,1-2H3. The zero-order valence-corrected chi connectivity index (χ0v) is 11.8. The Morgan fingerprint density at radius 1 is 1.40 bits per heavy atom. The fraction of sp³-hybridized carbons (Fsp3) is 0.467. The van der Waals surface area contributed by atoms with E-state index in [1.54, 1.807) is 6.07 Å². The van der Waals surface area contributed by atoms with Crippen LogP contribution >= 0.6 is 0 Å². The van der Waals surface area contributed by atoms with E-state index < -0.39 is 6.10 Å². The summed E-state index contributed by atoms with van der Waals surface area (Å²) < 4.78 is 18.3. The molecule has 110 valence electrons. The van der Waals surface area contributed by atoms with Gasteiger partial charge >= 0.3 is 0 Å². The van der Waals surface area contributed by atoms with Crippen LogP contribution in [0.15, 0.2) is 18.2 Å². The molecular formula is C15H20FNO3. The second-order valence-corrected chi connectivity index (χ2v) is 4.61. The molecule has 0 amide bonds. The molecule has 1 aromatic carbocycles. The third-order valence-corrected chi connectivity index (χ3v) is 2.60. The van der Waals surface area contributed by atoms with Gasteiger partial charge in [0.2, 0.25) is 0 Å². The molecule has 0 saturated carbocycles. The molecule has 0 aliphatic rings. The Kier molecular flexibility index (Phi) is 7.20.